The third-order valence-electron chi connectivity index (χ3n) is 4.98. The fourth-order valence-corrected chi connectivity index (χ4v) is 4.20. The van der Waals surface area contributed by atoms with E-state index in [0.29, 0.717) is 11.8 Å². The Morgan fingerprint density at radius 3 is 2.47 bits per heavy atom. The molecule has 13 heteroatoms. The minimum Gasteiger partial charge on any atom is -0.494 e. The van der Waals surface area contributed by atoms with Crippen molar-refractivity contribution in [2.24, 2.45) is 19.1 Å². The van der Waals surface area contributed by atoms with Crippen LogP contribution < -0.4 is 16.6 Å². The van der Waals surface area contributed by atoms with E-state index in [1.807, 2.05) is 13.0 Å². The number of nitrogens with one attached hydrogen (secondary N) is 1. The topological polar surface area (TPSA) is 106 Å². The molecule has 0 saturated heterocycles. The van der Waals surface area contributed by atoms with Crippen LogP contribution in [0.4, 0.5) is 24.5 Å². The first-order valence-corrected chi connectivity index (χ1v) is 11.6. The lowest BCUT2D eigenvalue weighted by Gasteiger charge is -2.13. The molecule has 0 saturated carbocycles. The molecule has 2 N–H and O–H groups in total. The van der Waals surface area contributed by atoms with Gasteiger partial charge >= 0.3 is 11.9 Å². The molecule has 36 heavy (non-hydrogen) atoms. The molecule has 0 atom stereocenters. The van der Waals surface area contributed by atoms with Gasteiger partial charge in [-0.3, -0.25) is 18.7 Å². The summed E-state index contributed by atoms with van der Waals surface area (Å²) in [6.07, 6.45) is -4.71. The Kier molecular flexibility index (Phi) is 7.99. The number of hydrogen-bond acceptors (Lipinski definition) is 6. The lowest BCUT2D eigenvalue weighted by Crippen LogP contribution is -2.39. The van der Waals surface area contributed by atoms with Gasteiger partial charge in [0.05, 0.1) is 22.0 Å². The summed E-state index contributed by atoms with van der Waals surface area (Å²) in [5, 5.41) is 12.3. The van der Waals surface area contributed by atoms with Gasteiger partial charge in [-0.1, -0.05) is 35.5 Å². The highest BCUT2D eigenvalue weighted by Gasteiger charge is 2.33. The number of amides is 1. The van der Waals surface area contributed by atoms with E-state index in [-0.39, 0.29) is 22.0 Å². The van der Waals surface area contributed by atoms with E-state index >= 15 is 0 Å². The number of aromatic hydroxyl groups is 1. The van der Waals surface area contributed by atoms with Crippen molar-refractivity contribution in [1.29, 1.82) is 0 Å². The van der Waals surface area contributed by atoms with Gasteiger partial charge in [0, 0.05) is 19.8 Å². The highest BCUT2D eigenvalue weighted by molar-refractivity contribution is 8.15. The zero-order valence-corrected chi connectivity index (χ0v) is 20.8. The molecule has 1 aromatic heterocycles. The van der Waals surface area contributed by atoms with E-state index in [4.69, 9.17) is 11.6 Å². The molecular formula is C23H20ClF3N4O4S. The van der Waals surface area contributed by atoms with Crippen LogP contribution in [0.5, 0.6) is 5.88 Å². The number of carbonyl (C=O) groups excluding carboxylic acids is 1. The predicted octanol–water partition coefficient (Wildman–Crippen LogP) is 4.22. The van der Waals surface area contributed by atoms with E-state index < -0.39 is 39.8 Å². The minimum absolute atomic E-state index is 0.0588. The Balaban J connectivity index is 1.96. The second-order valence-corrected chi connectivity index (χ2v) is 9.06. The van der Waals surface area contributed by atoms with E-state index in [1.54, 1.807) is 18.2 Å². The smallest absolute Gasteiger partial charge is 0.417 e. The van der Waals surface area contributed by atoms with E-state index in [9.17, 15) is 32.7 Å². The fraction of sp³-hybridized carbons (Fsp3) is 0.217. The van der Waals surface area contributed by atoms with Crippen molar-refractivity contribution in [3.63, 3.8) is 0 Å². The number of aliphatic imine (C=N–C) groups is 1. The van der Waals surface area contributed by atoms with Gasteiger partial charge in [0.1, 0.15) is 10.6 Å². The van der Waals surface area contributed by atoms with Crippen LogP contribution in [0.1, 0.15) is 16.7 Å². The third kappa shape index (κ3) is 6.00. The molecule has 0 aliphatic heterocycles. The van der Waals surface area contributed by atoms with Crippen molar-refractivity contribution in [1.82, 2.24) is 9.13 Å². The van der Waals surface area contributed by atoms with Crippen molar-refractivity contribution in [3.8, 4) is 5.88 Å². The molecular weight excluding hydrogens is 521 g/mol. The van der Waals surface area contributed by atoms with Crippen molar-refractivity contribution in [3.05, 3.63) is 85.0 Å². The average Bonchev–Trinajstić information content (AvgIpc) is 2.80. The molecule has 1 amide bonds. The highest BCUT2D eigenvalue weighted by Crippen LogP contribution is 2.36. The Morgan fingerprint density at radius 1 is 1.14 bits per heavy atom. The SMILES string of the molecule is Cc1cccc(N=C(SCC(=O)Nc2ccc(Cl)c(C(F)(F)F)c2)c2c(O)n(C)c(=O)n(C)c2=O)c1. The molecule has 1 heterocycles. The number of carbonyl (C=O) groups is 1. The summed E-state index contributed by atoms with van der Waals surface area (Å²) in [5.41, 5.74) is -1.85. The molecule has 0 fully saturated rings. The molecule has 0 unspecified atom stereocenters. The number of halogens is 4. The summed E-state index contributed by atoms with van der Waals surface area (Å²) in [4.78, 5) is 41.9. The molecule has 2 aromatic carbocycles. The molecule has 3 rings (SSSR count). The van der Waals surface area contributed by atoms with Gasteiger partial charge in [0.15, 0.2) is 0 Å². The number of benzene rings is 2. The zero-order valence-electron chi connectivity index (χ0n) is 19.2. The van der Waals surface area contributed by atoms with Crippen LogP contribution in [-0.4, -0.2) is 30.9 Å². The molecule has 190 valence electrons. The van der Waals surface area contributed by atoms with Crippen molar-refractivity contribution >= 4 is 45.7 Å². The largest absolute Gasteiger partial charge is 0.494 e. The maximum atomic E-state index is 13.1. The van der Waals surface area contributed by atoms with Crippen molar-refractivity contribution in [2.75, 3.05) is 11.1 Å². The average molecular weight is 541 g/mol. The summed E-state index contributed by atoms with van der Waals surface area (Å²) in [6.45, 7) is 1.82. The summed E-state index contributed by atoms with van der Waals surface area (Å²) in [6, 6.07) is 9.84. The predicted molar refractivity (Wildman–Crippen MR) is 134 cm³/mol. The molecule has 0 bridgehead atoms. The van der Waals surface area contributed by atoms with Crippen molar-refractivity contribution in [2.45, 2.75) is 13.1 Å². The Hall–Kier alpha value is -3.51. The van der Waals surface area contributed by atoms with Crippen LogP contribution in [0.3, 0.4) is 0 Å². The number of alkyl halides is 3. The van der Waals surface area contributed by atoms with Crippen LogP contribution >= 0.6 is 23.4 Å². The van der Waals surface area contributed by atoms with Gasteiger partial charge in [-0.05, 0) is 42.8 Å². The van der Waals surface area contributed by atoms with Crippen molar-refractivity contribution < 1.29 is 23.1 Å². The summed E-state index contributed by atoms with van der Waals surface area (Å²) < 4.78 is 41.0. The number of anilines is 1. The molecule has 3 aromatic rings. The van der Waals surface area contributed by atoms with Crippen LogP contribution in [-0.2, 0) is 25.1 Å². The number of thioether (sulfide) groups is 1. The molecule has 0 aliphatic carbocycles. The van der Waals surface area contributed by atoms with Gasteiger partial charge in [-0.2, -0.15) is 13.2 Å². The number of nitrogens with zero attached hydrogens (tertiary/aromatic N) is 3. The van der Waals surface area contributed by atoms with E-state index in [1.165, 1.54) is 20.2 Å². The summed E-state index contributed by atoms with van der Waals surface area (Å²) in [7, 11) is 2.50. The van der Waals surface area contributed by atoms with Gasteiger partial charge in [-0.15, -0.1) is 0 Å². The maximum absolute atomic E-state index is 13.1. The number of aryl methyl sites for hydroxylation is 1. The van der Waals surface area contributed by atoms with Gasteiger partial charge in [0.25, 0.3) is 5.56 Å². The van der Waals surface area contributed by atoms with E-state index in [2.05, 4.69) is 10.3 Å². The van der Waals surface area contributed by atoms with Gasteiger partial charge in [0.2, 0.25) is 11.8 Å². The first-order valence-electron chi connectivity index (χ1n) is 10.2. The second-order valence-electron chi connectivity index (χ2n) is 7.69. The molecule has 0 spiro atoms. The highest BCUT2D eigenvalue weighted by atomic mass is 35.5. The van der Waals surface area contributed by atoms with Crippen LogP contribution in [0, 0.1) is 6.92 Å². The quantitative estimate of drug-likeness (QED) is 0.372. The monoisotopic (exact) mass is 540 g/mol. The number of aromatic nitrogens is 2. The summed E-state index contributed by atoms with van der Waals surface area (Å²) >= 11 is 6.38. The zero-order chi connectivity index (χ0) is 26.8. The lowest BCUT2D eigenvalue weighted by molar-refractivity contribution is -0.137. The summed E-state index contributed by atoms with van der Waals surface area (Å²) in [5.74, 6) is -1.72. The first-order chi connectivity index (χ1) is 16.8. The van der Waals surface area contributed by atoms with E-state index in [0.717, 1.165) is 32.5 Å². The lowest BCUT2D eigenvalue weighted by atomic mass is 10.2. The number of hydrogen-bond donors (Lipinski definition) is 2. The van der Waals surface area contributed by atoms with Crippen LogP contribution in [0.15, 0.2) is 57.0 Å². The normalized spacial score (nSPS) is 12.0. The van der Waals surface area contributed by atoms with Crippen LogP contribution in [0.2, 0.25) is 5.02 Å². The van der Waals surface area contributed by atoms with Crippen LogP contribution in [0.25, 0.3) is 0 Å². The first kappa shape index (κ1) is 27.1. The second kappa shape index (κ2) is 10.6. The molecule has 8 nitrogen and oxygen atoms in total. The standard InChI is InChI=1S/C23H20ClF3N4O4S/c1-12-5-4-6-13(9-12)29-19(18-20(33)30(2)22(35)31(3)21(18)34)36-11-17(32)28-14-7-8-16(24)15(10-14)23(25,26)27/h4-10,33H,11H2,1-3H3,(H,28,32). The van der Waals surface area contributed by atoms with Gasteiger partial charge < -0.3 is 10.4 Å². The number of rotatable bonds is 5. The fourth-order valence-electron chi connectivity index (χ4n) is 3.15. The Labute approximate surface area is 212 Å². The molecule has 0 radical (unpaired) electrons. The minimum atomic E-state index is -4.71. The maximum Gasteiger partial charge on any atom is 0.417 e. The molecule has 0 aliphatic rings. The van der Waals surface area contributed by atoms with Gasteiger partial charge in [-0.25, -0.2) is 9.79 Å². The Morgan fingerprint density at radius 2 is 1.83 bits per heavy atom. The third-order valence-corrected chi connectivity index (χ3v) is 6.28. The Bertz CT molecular complexity index is 1480.